The number of halogens is 3. The van der Waals surface area contributed by atoms with Crippen molar-refractivity contribution in [2.24, 2.45) is 0 Å². The van der Waals surface area contributed by atoms with E-state index in [0.29, 0.717) is 15.1 Å². The third-order valence-corrected chi connectivity index (χ3v) is 5.84. The highest BCUT2D eigenvalue weighted by Gasteiger charge is 2.22. The molecule has 1 atom stereocenters. The van der Waals surface area contributed by atoms with Gasteiger partial charge in [0, 0.05) is 0 Å². The van der Waals surface area contributed by atoms with E-state index >= 15 is 0 Å². The summed E-state index contributed by atoms with van der Waals surface area (Å²) < 4.78 is 8.32. The summed E-state index contributed by atoms with van der Waals surface area (Å²) in [6.45, 7) is 1.49. The molecule has 0 saturated carbocycles. The summed E-state index contributed by atoms with van der Waals surface area (Å²) >= 11 is 6.32. The fourth-order valence-corrected chi connectivity index (χ4v) is 4.85. The SMILES string of the molecule is CB(O)NC(Cc1cc(I)c(Oc2ccc(O)c(I)c2)c(I)c1)C(=O)O. The van der Waals surface area contributed by atoms with E-state index in [9.17, 15) is 20.0 Å². The van der Waals surface area contributed by atoms with Gasteiger partial charge in [0.1, 0.15) is 17.5 Å². The number of carbonyl (C=O) groups is 1. The predicted molar refractivity (Wildman–Crippen MR) is 125 cm³/mol. The molecule has 0 saturated heterocycles. The molecule has 0 aromatic heterocycles. The molecule has 4 N–H and O–H groups in total. The van der Waals surface area contributed by atoms with Crippen molar-refractivity contribution in [2.45, 2.75) is 19.3 Å². The zero-order chi connectivity index (χ0) is 19.4. The lowest BCUT2D eigenvalue weighted by molar-refractivity contribution is -0.139. The van der Waals surface area contributed by atoms with E-state index in [0.717, 1.165) is 12.7 Å². The maximum atomic E-state index is 11.4. The molecule has 138 valence electrons. The van der Waals surface area contributed by atoms with Crippen molar-refractivity contribution in [3.8, 4) is 17.2 Å². The van der Waals surface area contributed by atoms with Gasteiger partial charge in [-0.15, -0.1) is 0 Å². The summed E-state index contributed by atoms with van der Waals surface area (Å²) in [4.78, 5) is 11.4. The van der Waals surface area contributed by atoms with Gasteiger partial charge in [0.05, 0.1) is 10.7 Å². The molecule has 0 aliphatic rings. The van der Waals surface area contributed by atoms with Gasteiger partial charge in [-0.05, 0) is 117 Å². The maximum absolute atomic E-state index is 11.4. The lowest BCUT2D eigenvalue weighted by Gasteiger charge is -2.17. The Labute approximate surface area is 192 Å². The molecular weight excluding hydrogens is 678 g/mol. The number of rotatable bonds is 7. The van der Waals surface area contributed by atoms with Gasteiger partial charge >= 0.3 is 13.0 Å². The van der Waals surface area contributed by atoms with Crippen LogP contribution in [0.15, 0.2) is 30.3 Å². The molecule has 0 fully saturated rings. The van der Waals surface area contributed by atoms with Crippen molar-refractivity contribution in [3.05, 3.63) is 46.6 Å². The first kappa shape index (κ1) is 22.0. The van der Waals surface area contributed by atoms with E-state index in [1.54, 1.807) is 18.2 Å². The van der Waals surface area contributed by atoms with Crippen LogP contribution in [0.2, 0.25) is 6.82 Å². The van der Waals surface area contributed by atoms with Crippen LogP contribution in [0, 0.1) is 10.7 Å². The zero-order valence-corrected chi connectivity index (χ0v) is 20.0. The highest BCUT2D eigenvalue weighted by atomic mass is 127. The summed E-state index contributed by atoms with van der Waals surface area (Å²) in [6, 6.07) is 7.84. The molecule has 0 spiro atoms. The molecule has 2 aromatic rings. The maximum Gasteiger partial charge on any atom is 0.374 e. The summed E-state index contributed by atoms with van der Waals surface area (Å²) in [6.07, 6.45) is 0.240. The van der Waals surface area contributed by atoms with E-state index < -0.39 is 19.1 Å². The Balaban J connectivity index is 2.24. The first-order chi connectivity index (χ1) is 12.2. The number of aliphatic carboxylic acids is 1. The largest absolute Gasteiger partial charge is 0.507 e. The minimum atomic E-state index is -1.02. The first-order valence-electron chi connectivity index (χ1n) is 7.48. The van der Waals surface area contributed by atoms with Crippen LogP contribution < -0.4 is 9.96 Å². The van der Waals surface area contributed by atoms with Crippen molar-refractivity contribution in [3.63, 3.8) is 0 Å². The van der Waals surface area contributed by atoms with Gasteiger partial charge in [0.2, 0.25) is 0 Å². The fourth-order valence-electron chi connectivity index (χ4n) is 2.24. The number of carboxylic acid groups (broad SMARTS) is 1. The second kappa shape index (κ2) is 9.75. The molecule has 0 heterocycles. The Morgan fingerprint density at radius 2 is 1.81 bits per heavy atom. The molecule has 0 amide bonds. The van der Waals surface area contributed by atoms with Crippen LogP contribution in [0.5, 0.6) is 17.2 Å². The van der Waals surface area contributed by atoms with E-state index in [-0.39, 0.29) is 12.2 Å². The minimum Gasteiger partial charge on any atom is -0.507 e. The van der Waals surface area contributed by atoms with Gasteiger partial charge in [0.25, 0.3) is 0 Å². The van der Waals surface area contributed by atoms with E-state index in [1.165, 1.54) is 6.82 Å². The highest BCUT2D eigenvalue weighted by molar-refractivity contribution is 14.1. The van der Waals surface area contributed by atoms with Crippen molar-refractivity contribution < 1.29 is 24.8 Å². The van der Waals surface area contributed by atoms with Crippen molar-refractivity contribution in [1.82, 2.24) is 5.23 Å². The molecule has 0 bridgehead atoms. The van der Waals surface area contributed by atoms with Crippen LogP contribution in [-0.2, 0) is 11.2 Å². The third-order valence-electron chi connectivity index (χ3n) is 3.38. The normalized spacial score (nSPS) is 11.9. The van der Waals surface area contributed by atoms with Gasteiger partial charge in [-0.3, -0.25) is 4.79 Å². The number of nitrogens with one attached hydrogen (secondary N) is 1. The van der Waals surface area contributed by atoms with E-state index in [2.05, 4.69) is 50.4 Å². The number of phenolic OH excluding ortho intramolecular Hbond substituents is 1. The first-order valence-corrected chi connectivity index (χ1v) is 10.7. The standard InChI is InChI=1S/C16H15BI3NO5/c1-17(25)21-13(16(23)24)6-8-4-11(19)15(12(20)5-8)26-9-2-3-14(22)10(18)7-9/h2-5,7,13,21-22,25H,6H2,1H3,(H,23,24). The van der Waals surface area contributed by atoms with Crippen molar-refractivity contribution in [1.29, 1.82) is 0 Å². The number of aromatic hydroxyl groups is 1. The number of phenols is 1. The summed E-state index contributed by atoms with van der Waals surface area (Å²) in [5.74, 6) is 0.458. The van der Waals surface area contributed by atoms with Crippen LogP contribution in [0.3, 0.4) is 0 Å². The predicted octanol–water partition coefficient (Wildman–Crippen LogP) is 3.69. The van der Waals surface area contributed by atoms with Gasteiger partial charge in [-0.1, -0.05) is 0 Å². The smallest absolute Gasteiger partial charge is 0.374 e. The number of carboxylic acids is 1. The number of hydrogen-bond acceptors (Lipinski definition) is 5. The average molecular weight is 693 g/mol. The van der Waals surface area contributed by atoms with E-state index in [1.807, 2.05) is 34.7 Å². The highest BCUT2D eigenvalue weighted by Crippen LogP contribution is 2.35. The van der Waals surface area contributed by atoms with Crippen molar-refractivity contribution >= 4 is 80.8 Å². The second-order valence-corrected chi connectivity index (χ2v) is 9.03. The van der Waals surface area contributed by atoms with Crippen LogP contribution in [0.4, 0.5) is 0 Å². The van der Waals surface area contributed by atoms with Gasteiger partial charge in [-0.25, -0.2) is 0 Å². The molecule has 10 heteroatoms. The third kappa shape index (κ3) is 6.10. The monoisotopic (exact) mass is 693 g/mol. The lowest BCUT2D eigenvalue weighted by atomic mass is 9.86. The van der Waals surface area contributed by atoms with E-state index in [4.69, 9.17) is 4.74 Å². The summed E-state index contributed by atoms with van der Waals surface area (Å²) in [5.41, 5.74) is 0.826. The molecule has 0 aliphatic heterocycles. The topological polar surface area (TPSA) is 99.0 Å². The Kier molecular flexibility index (Phi) is 8.24. The zero-order valence-electron chi connectivity index (χ0n) is 13.5. The van der Waals surface area contributed by atoms with Crippen molar-refractivity contribution in [2.75, 3.05) is 0 Å². The molecule has 1 unspecified atom stereocenters. The quantitative estimate of drug-likeness (QED) is 0.261. The Morgan fingerprint density at radius 3 is 2.31 bits per heavy atom. The van der Waals surface area contributed by atoms with Crippen LogP contribution in [0.1, 0.15) is 5.56 Å². The Hall–Kier alpha value is -0.315. The number of hydrogen-bond donors (Lipinski definition) is 4. The molecule has 2 aromatic carbocycles. The van der Waals surface area contributed by atoms with Crippen LogP contribution in [-0.4, -0.2) is 34.3 Å². The number of ether oxygens (including phenoxy) is 1. The second-order valence-electron chi connectivity index (χ2n) is 5.54. The Morgan fingerprint density at radius 1 is 1.19 bits per heavy atom. The molecule has 2 rings (SSSR count). The lowest BCUT2D eigenvalue weighted by Crippen LogP contribution is -2.46. The fraction of sp³-hybridized carbons (Fsp3) is 0.188. The van der Waals surface area contributed by atoms with Gasteiger partial charge in [-0.2, -0.15) is 0 Å². The number of benzene rings is 2. The summed E-state index contributed by atoms with van der Waals surface area (Å²) in [7, 11) is -0.909. The summed E-state index contributed by atoms with van der Waals surface area (Å²) in [5, 5.41) is 30.9. The molecule has 0 radical (unpaired) electrons. The molecule has 0 aliphatic carbocycles. The molecule has 6 nitrogen and oxygen atoms in total. The van der Waals surface area contributed by atoms with Crippen LogP contribution >= 0.6 is 67.8 Å². The van der Waals surface area contributed by atoms with Gasteiger partial charge in [0.15, 0.2) is 5.75 Å². The molecule has 26 heavy (non-hydrogen) atoms. The van der Waals surface area contributed by atoms with Crippen LogP contribution in [0.25, 0.3) is 0 Å². The van der Waals surface area contributed by atoms with Gasteiger partial charge < -0.3 is 25.2 Å². The Bertz CT molecular complexity index is 795. The average Bonchev–Trinajstić information content (AvgIpc) is 2.53. The molecular formula is C16H15BI3NO5. The minimum absolute atomic E-state index is 0.197.